The molecule has 2 saturated carbocycles. The minimum Gasteiger partial charge on any atom is -0.0654 e. The van der Waals surface area contributed by atoms with Crippen LogP contribution in [-0.4, -0.2) is 0 Å². The van der Waals surface area contributed by atoms with Gasteiger partial charge in [-0.2, -0.15) is 0 Å². The van der Waals surface area contributed by atoms with E-state index in [4.69, 9.17) is 0 Å². The topological polar surface area (TPSA) is 0 Å². The summed E-state index contributed by atoms with van der Waals surface area (Å²) < 4.78 is 0. The van der Waals surface area contributed by atoms with Crippen molar-refractivity contribution in [1.29, 1.82) is 0 Å². The highest BCUT2D eigenvalue weighted by atomic mass is 14.6. The monoisotopic (exact) mass is 138 g/mol. The van der Waals surface area contributed by atoms with Crippen molar-refractivity contribution in [2.45, 2.75) is 51.9 Å². The average Bonchev–Trinajstić information content (AvgIpc) is 2.66. The molecule has 0 aliphatic heterocycles. The molecule has 1 spiro atoms. The predicted molar refractivity (Wildman–Crippen MR) is 43.9 cm³/mol. The van der Waals surface area contributed by atoms with Gasteiger partial charge < -0.3 is 0 Å². The van der Waals surface area contributed by atoms with Crippen LogP contribution in [-0.2, 0) is 0 Å². The van der Waals surface area contributed by atoms with Gasteiger partial charge in [0, 0.05) is 0 Å². The van der Waals surface area contributed by atoms with Gasteiger partial charge in [-0.15, -0.1) is 0 Å². The molecule has 2 fully saturated rings. The molecular formula is C10H18. The third-order valence-corrected chi connectivity index (χ3v) is 3.66. The number of hydrogen-bond donors (Lipinski definition) is 0. The molecule has 0 N–H and O–H groups in total. The second kappa shape index (κ2) is 2.25. The van der Waals surface area contributed by atoms with E-state index in [1.54, 1.807) is 25.7 Å². The van der Waals surface area contributed by atoms with Crippen LogP contribution in [0.2, 0.25) is 0 Å². The van der Waals surface area contributed by atoms with Crippen LogP contribution < -0.4 is 0 Å². The van der Waals surface area contributed by atoms with E-state index >= 15 is 0 Å². The Hall–Kier alpha value is 0. The fraction of sp³-hybridized carbons (Fsp3) is 1.00. The molecule has 0 aromatic heterocycles. The standard InChI is InChI=1S/C10H18/c1-2-3-4-9-5-6-10(9)7-8-10/h9H,2-8H2,1H3. The maximum atomic E-state index is 2.30. The zero-order chi connectivity index (χ0) is 7.03. The average molecular weight is 138 g/mol. The van der Waals surface area contributed by atoms with E-state index in [2.05, 4.69) is 6.92 Å². The van der Waals surface area contributed by atoms with Crippen LogP contribution in [0.25, 0.3) is 0 Å². The summed E-state index contributed by atoms with van der Waals surface area (Å²) in [4.78, 5) is 0. The summed E-state index contributed by atoms with van der Waals surface area (Å²) in [6, 6.07) is 0. The molecule has 0 heterocycles. The van der Waals surface area contributed by atoms with Crippen molar-refractivity contribution in [2.75, 3.05) is 0 Å². The van der Waals surface area contributed by atoms with E-state index in [0.717, 1.165) is 11.3 Å². The van der Waals surface area contributed by atoms with Crippen LogP contribution in [0.4, 0.5) is 0 Å². The third kappa shape index (κ3) is 0.889. The Bertz CT molecular complexity index is 122. The van der Waals surface area contributed by atoms with E-state index in [1.807, 2.05) is 0 Å². The molecule has 1 atom stereocenters. The first-order chi connectivity index (χ1) is 4.87. The van der Waals surface area contributed by atoms with E-state index < -0.39 is 0 Å². The zero-order valence-corrected chi connectivity index (χ0v) is 7.03. The lowest BCUT2D eigenvalue weighted by atomic mass is 9.68. The SMILES string of the molecule is CCCCC1CCC12CC2. The molecule has 58 valence electrons. The summed E-state index contributed by atoms with van der Waals surface area (Å²) >= 11 is 0. The maximum absolute atomic E-state index is 2.30. The third-order valence-electron chi connectivity index (χ3n) is 3.66. The van der Waals surface area contributed by atoms with Crippen LogP contribution in [0.15, 0.2) is 0 Å². The van der Waals surface area contributed by atoms with Crippen molar-refractivity contribution in [2.24, 2.45) is 11.3 Å². The molecule has 1 unspecified atom stereocenters. The molecule has 2 rings (SSSR count). The lowest BCUT2D eigenvalue weighted by Crippen LogP contribution is -2.27. The Labute approximate surface area is 64.0 Å². The van der Waals surface area contributed by atoms with Crippen molar-refractivity contribution < 1.29 is 0 Å². The van der Waals surface area contributed by atoms with Crippen LogP contribution in [0.3, 0.4) is 0 Å². The van der Waals surface area contributed by atoms with Gasteiger partial charge in [0.15, 0.2) is 0 Å². The van der Waals surface area contributed by atoms with Gasteiger partial charge in [0.2, 0.25) is 0 Å². The van der Waals surface area contributed by atoms with Gasteiger partial charge in [-0.05, 0) is 43.4 Å². The minimum absolute atomic E-state index is 0.940. The highest BCUT2D eigenvalue weighted by Crippen LogP contribution is 2.65. The molecule has 0 heteroatoms. The van der Waals surface area contributed by atoms with E-state index in [0.29, 0.717) is 0 Å². The van der Waals surface area contributed by atoms with E-state index in [-0.39, 0.29) is 0 Å². The first-order valence-electron chi connectivity index (χ1n) is 4.87. The second-order valence-electron chi connectivity index (χ2n) is 4.24. The quantitative estimate of drug-likeness (QED) is 0.561. The van der Waals surface area contributed by atoms with Gasteiger partial charge in [-0.25, -0.2) is 0 Å². The molecule has 0 radical (unpaired) electrons. The summed E-state index contributed by atoms with van der Waals surface area (Å²) in [6.45, 7) is 2.30. The van der Waals surface area contributed by atoms with Gasteiger partial charge in [0.25, 0.3) is 0 Å². The Balaban J connectivity index is 1.73. The highest BCUT2D eigenvalue weighted by molar-refractivity contribution is 5.05. The summed E-state index contributed by atoms with van der Waals surface area (Å²) in [5, 5.41) is 0. The second-order valence-corrected chi connectivity index (χ2v) is 4.24. The molecular weight excluding hydrogens is 120 g/mol. The Kier molecular flexibility index (Phi) is 1.51. The van der Waals surface area contributed by atoms with Gasteiger partial charge in [-0.3, -0.25) is 0 Å². The van der Waals surface area contributed by atoms with Gasteiger partial charge in [-0.1, -0.05) is 19.8 Å². The summed E-state index contributed by atoms with van der Waals surface area (Å²) in [5.41, 5.74) is 0.940. The Morgan fingerprint density at radius 3 is 2.50 bits per heavy atom. The summed E-state index contributed by atoms with van der Waals surface area (Å²) in [7, 11) is 0. The van der Waals surface area contributed by atoms with Crippen LogP contribution in [0.5, 0.6) is 0 Å². The molecule has 0 nitrogen and oxygen atoms in total. The van der Waals surface area contributed by atoms with Gasteiger partial charge in [0.1, 0.15) is 0 Å². The van der Waals surface area contributed by atoms with E-state index in [9.17, 15) is 0 Å². The van der Waals surface area contributed by atoms with Crippen molar-refractivity contribution in [3.8, 4) is 0 Å². The zero-order valence-electron chi connectivity index (χ0n) is 7.03. The normalized spacial score (nSPS) is 33.9. The van der Waals surface area contributed by atoms with Crippen molar-refractivity contribution in [3.05, 3.63) is 0 Å². The first kappa shape index (κ1) is 6.69. The number of rotatable bonds is 3. The van der Waals surface area contributed by atoms with E-state index in [1.165, 1.54) is 19.3 Å². The number of hydrogen-bond acceptors (Lipinski definition) is 0. The fourth-order valence-electron chi connectivity index (χ4n) is 2.48. The summed E-state index contributed by atoms with van der Waals surface area (Å²) in [5.74, 6) is 1.16. The maximum Gasteiger partial charge on any atom is -0.0269 e. The molecule has 0 saturated heterocycles. The highest BCUT2D eigenvalue weighted by Gasteiger charge is 2.54. The lowest BCUT2D eigenvalue weighted by molar-refractivity contribution is 0.134. The minimum atomic E-state index is 0.940. The van der Waals surface area contributed by atoms with Crippen LogP contribution in [0.1, 0.15) is 51.9 Å². The van der Waals surface area contributed by atoms with Gasteiger partial charge >= 0.3 is 0 Å². The van der Waals surface area contributed by atoms with Crippen molar-refractivity contribution in [3.63, 3.8) is 0 Å². The molecule has 2 aliphatic rings. The van der Waals surface area contributed by atoms with Gasteiger partial charge in [0.05, 0.1) is 0 Å². The smallest absolute Gasteiger partial charge is 0.0269 e. The predicted octanol–water partition coefficient (Wildman–Crippen LogP) is 3.37. The summed E-state index contributed by atoms with van der Waals surface area (Å²) in [6.07, 6.45) is 10.7. The fourth-order valence-corrected chi connectivity index (χ4v) is 2.48. The number of unbranched alkanes of at least 4 members (excludes halogenated alkanes) is 1. The molecule has 0 aromatic rings. The molecule has 0 bridgehead atoms. The molecule has 0 amide bonds. The molecule has 2 aliphatic carbocycles. The lowest BCUT2D eigenvalue weighted by Gasteiger charge is -2.37. The van der Waals surface area contributed by atoms with Crippen LogP contribution in [0, 0.1) is 11.3 Å². The van der Waals surface area contributed by atoms with Crippen molar-refractivity contribution >= 4 is 0 Å². The largest absolute Gasteiger partial charge is 0.0654 e. The Morgan fingerprint density at radius 2 is 2.10 bits per heavy atom. The molecule has 0 aromatic carbocycles. The van der Waals surface area contributed by atoms with Crippen molar-refractivity contribution in [1.82, 2.24) is 0 Å². The molecule has 10 heavy (non-hydrogen) atoms. The first-order valence-corrected chi connectivity index (χ1v) is 4.87. The Morgan fingerprint density at radius 1 is 1.30 bits per heavy atom. The van der Waals surface area contributed by atoms with Crippen LogP contribution >= 0.6 is 0 Å².